The maximum atomic E-state index is 12.1. The molecule has 0 atom stereocenters. The molecule has 2 fully saturated rings. The molecule has 0 aromatic rings. The molecule has 0 aromatic carbocycles. The molecule has 0 radical (unpaired) electrons. The van der Waals surface area contributed by atoms with Gasteiger partial charge in [-0.1, -0.05) is 44.8 Å². The van der Waals surface area contributed by atoms with E-state index in [9.17, 15) is 4.39 Å². The second kappa shape index (κ2) is 8.85. The molecule has 0 bridgehead atoms. The van der Waals surface area contributed by atoms with Crippen LogP contribution >= 0.6 is 0 Å². The summed E-state index contributed by atoms with van der Waals surface area (Å²) in [6.45, 7) is 2.12. The largest absolute Gasteiger partial charge is 0.251 e. The number of halogens is 1. The smallest absolute Gasteiger partial charge is 0.0928 e. The first-order chi connectivity index (χ1) is 9.83. The van der Waals surface area contributed by atoms with Gasteiger partial charge in [0.05, 0.1) is 6.67 Å². The van der Waals surface area contributed by atoms with Gasteiger partial charge in [-0.25, -0.2) is 0 Å². The van der Waals surface area contributed by atoms with Gasteiger partial charge in [-0.05, 0) is 68.6 Å². The minimum absolute atomic E-state index is 0.202. The monoisotopic (exact) mass is 280 g/mol. The zero-order chi connectivity index (χ0) is 14.2. The summed E-state index contributed by atoms with van der Waals surface area (Å²) in [7, 11) is 0. The number of alkyl halides is 1. The molecule has 0 amide bonds. The molecule has 2 aliphatic carbocycles. The van der Waals surface area contributed by atoms with Crippen LogP contribution in [0, 0.1) is 23.7 Å². The van der Waals surface area contributed by atoms with Gasteiger partial charge in [0.2, 0.25) is 0 Å². The molecule has 0 heterocycles. The molecule has 0 spiro atoms. The zero-order valence-corrected chi connectivity index (χ0v) is 13.3. The number of rotatable bonds is 6. The zero-order valence-electron chi connectivity index (χ0n) is 13.3. The van der Waals surface area contributed by atoms with Gasteiger partial charge in [0, 0.05) is 0 Å². The topological polar surface area (TPSA) is 0 Å². The van der Waals surface area contributed by atoms with E-state index in [-0.39, 0.29) is 6.67 Å². The van der Waals surface area contributed by atoms with Gasteiger partial charge in [-0.15, -0.1) is 0 Å². The van der Waals surface area contributed by atoms with Crippen molar-refractivity contribution in [1.29, 1.82) is 0 Å². The molecule has 1 heteroatoms. The van der Waals surface area contributed by atoms with Crippen molar-refractivity contribution in [2.45, 2.75) is 77.6 Å². The van der Waals surface area contributed by atoms with Crippen LogP contribution in [-0.4, -0.2) is 6.67 Å². The lowest BCUT2D eigenvalue weighted by atomic mass is 9.68. The molecule has 2 saturated carbocycles. The first kappa shape index (κ1) is 16.0. The van der Waals surface area contributed by atoms with Gasteiger partial charge in [0.1, 0.15) is 0 Å². The first-order valence-corrected chi connectivity index (χ1v) is 9.06. The van der Waals surface area contributed by atoms with E-state index in [0.717, 1.165) is 23.7 Å². The highest BCUT2D eigenvalue weighted by Crippen LogP contribution is 2.42. The average molecular weight is 280 g/mol. The fraction of sp³-hybridized carbons (Fsp3) is 0.895. The van der Waals surface area contributed by atoms with Crippen LogP contribution in [0.2, 0.25) is 0 Å². The van der Waals surface area contributed by atoms with E-state index in [1.807, 2.05) is 0 Å². The van der Waals surface area contributed by atoms with E-state index in [1.165, 1.54) is 64.2 Å². The van der Waals surface area contributed by atoms with Crippen LogP contribution in [-0.2, 0) is 0 Å². The number of hydrogen-bond acceptors (Lipinski definition) is 0. The molecule has 0 unspecified atom stereocenters. The Hall–Kier alpha value is -0.330. The van der Waals surface area contributed by atoms with Gasteiger partial charge in [0.15, 0.2) is 0 Å². The highest BCUT2D eigenvalue weighted by atomic mass is 19.1. The minimum atomic E-state index is -0.202. The van der Waals surface area contributed by atoms with Crippen molar-refractivity contribution < 1.29 is 4.39 Å². The maximum absolute atomic E-state index is 12.1. The van der Waals surface area contributed by atoms with Gasteiger partial charge in [-0.3, -0.25) is 4.39 Å². The lowest BCUT2D eigenvalue weighted by Crippen LogP contribution is -2.25. The molecule has 2 rings (SSSR count). The van der Waals surface area contributed by atoms with E-state index in [4.69, 9.17) is 0 Å². The third-order valence-corrected chi connectivity index (χ3v) is 5.76. The van der Waals surface area contributed by atoms with Crippen LogP contribution in [0.15, 0.2) is 12.2 Å². The van der Waals surface area contributed by atoms with Gasteiger partial charge in [-0.2, -0.15) is 0 Å². The van der Waals surface area contributed by atoms with Gasteiger partial charge in [0.25, 0.3) is 0 Å². The first-order valence-electron chi connectivity index (χ1n) is 9.06. The van der Waals surface area contributed by atoms with Crippen molar-refractivity contribution in [2.24, 2.45) is 23.7 Å². The molecule has 0 N–H and O–H groups in total. The summed E-state index contributed by atoms with van der Waals surface area (Å²) in [5.41, 5.74) is 0. The van der Waals surface area contributed by atoms with Gasteiger partial charge >= 0.3 is 0 Å². The summed E-state index contributed by atoms with van der Waals surface area (Å²) in [5.74, 6) is 3.81. The van der Waals surface area contributed by atoms with Crippen LogP contribution in [0.3, 0.4) is 0 Å². The van der Waals surface area contributed by atoms with E-state index < -0.39 is 0 Å². The van der Waals surface area contributed by atoms with Crippen molar-refractivity contribution in [1.82, 2.24) is 0 Å². The fourth-order valence-corrected chi connectivity index (χ4v) is 4.52. The summed E-state index contributed by atoms with van der Waals surface area (Å²) in [5, 5.41) is 0. The van der Waals surface area contributed by atoms with Crippen molar-refractivity contribution >= 4 is 0 Å². The summed E-state index contributed by atoms with van der Waals surface area (Å²) in [6, 6.07) is 0. The van der Waals surface area contributed by atoms with E-state index >= 15 is 0 Å². The summed E-state index contributed by atoms with van der Waals surface area (Å²) >= 11 is 0. The van der Waals surface area contributed by atoms with Crippen LogP contribution in [0.1, 0.15) is 77.6 Å². The minimum Gasteiger partial charge on any atom is -0.251 e. The van der Waals surface area contributed by atoms with E-state index in [1.54, 1.807) is 0 Å². The third-order valence-electron chi connectivity index (χ3n) is 5.76. The Labute approximate surface area is 125 Å². The van der Waals surface area contributed by atoms with E-state index in [0.29, 0.717) is 6.42 Å². The highest BCUT2D eigenvalue weighted by Gasteiger charge is 2.29. The van der Waals surface area contributed by atoms with Crippen LogP contribution in [0.4, 0.5) is 4.39 Å². The normalized spacial score (nSPS) is 35.5. The molecule has 2 aliphatic rings. The Balaban J connectivity index is 1.67. The fourth-order valence-electron chi connectivity index (χ4n) is 4.52. The standard InChI is InChI=1S/C19H33F/c1-2-5-16-7-11-18(12-8-16)19-13-9-17(10-14-19)6-3-4-15-20/h3,6,16-19H,2,4-5,7-15H2,1H3/b6-3+. The lowest BCUT2D eigenvalue weighted by molar-refractivity contribution is 0.152. The number of allylic oxidation sites excluding steroid dienone is 2. The number of hydrogen-bond donors (Lipinski definition) is 0. The Morgan fingerprint density at radius 3 is 2.05 bits per heavy atom. The molecular formula is C19H33F. The Morgan fingerprint density at radius 1 is 0.900 bits per heavy atom. The van der Waals surface area contributed by atoms with Crippen molar-refractivity contribution in [3.63, 3.8) is 0 Å². The van der Waals surface area contributed by atoms with Crippen molar-refractivity contribution in [3.8, 4) is 0 Å². The molecule has 0 aromatic heterocycles. The second-order valence-electron chi connectivity index (χ2n) is 7.15. The third kappa shape index (κ3) is 4.90. The Bertz CT molecular complexity index is 267. The maximum Gasteiger partial charge on any atom is 0.0928 e. The Kier molecular flexibility index (Phi) is 7.10. The predicted octanol–water partition coefficient (Wildman–Crippen LogP) is 6.32. The van der Waals surface area contributed by atoms with Crippen molar-refractivity contribution in [2.75, 3.05) is 6.67 Å². The SMILES string of the molecule is CCCC1CCC(C2CCC(/C=C/CCF)CC2)CC1. The summed E-state index contributed by atoms with van der Waals surface area (Å²) in [6.07, 6.45) is 19.3. The van der Waals surface area contributed by atoms with Gasteiger partial charge < -0.3 is 0 Å². The van der Waals surface area contributed by atoms with E-state index in [2.05, 4.69) is 19.1 Å². The molecular weight excluding hydrogens is 247 g/mol. The van der Waals surface area contributed by atoms with Crippen LogP contribution in [0.5, 0.6) is 0 Å². The second-order valence-corrected chi connectivity index (χ2v) is 7.15. The van der Waals surface area contributed by atoms with Crippen molar-refractivity contribution in [3.05, 3.63) is 12.2 Å². The van der Waals surface area contributed by atoms with Crippen LogP contribution in [0.25, 0.3) is 0 Å². The Morgan fingerprint density at radius 2 is 1.50 bits per heavy atom. The quantitative estimate of drug-likeness (QED) is 0.500. The predicted molar refractivity (Wildman–Crippen MR) is 85.5 cm³/mol. The molecule has 0 saturated heterocycles. The summed E-state index contributed by atoms with van der Waals surface area (Å²) in [4.78, 5) is 0. The lowest BCUT2D eigenvalue weighted by Gasteiger charge is -2.37. The average Bonchev–Trinajstić information content (AvgIpc) is 2.49. The summed E-state index contributed by atoms with van der Waals surface area (Å²) < 4.78 is 12.1. The molecule has 0 aliphatic heterocycles. The van der Waals surface area contributed by atoms with Crippen LogP contribution < -0.4 is 0 Å². The molecule has 116 valence electrons. The highest BCUT2D eigenvalue weighted by molar-refractivity contribution is 4.92. The molecule has 0 nitrogen and oxygen atoms in total. The molecule has 20 heavy (non-hydrogen) atoms.